The number of benzene rings is 2. The van der Waals surface area contributed by atoms with Crippen LogP contribution in [0.3, 0.4) is 0 Å². The summed E-state index contributed by atoms with van der Waals surface area (Å²) in [6.07, 6.45) is 1.08. The van der Waals surface area contributed by atoms with Crippen LogP contribution in [0.4, 0.5) is 11.4 Å². The third-order valence-corrected chi connectivity index (χ3v) is 4.58. The van der Waals surface area contributed by atoms with Gasteiger partial charge in [0.2, 0.25) is 11.8 Å². The van der Waals surface area contributed by atoms with Crippen molar-refractivity contribution in [2.24, 2.45) is 0 Å². The van der Waals surface area contributed by atoms with E-state index in [0.29, 0.717) is 16.6 Å². The van der Waals surface area contributed by atoms with Gasteiger partial charge in [-0.05, 0) is 61.3 Å². The Labute approximate surface area is 165 Å². The van der Waals surface area contributed by atoms with Crippen molar-refractivity contribution in [1.82, 2.24) is 4.90 Å². The second kappa shape index (κ2) is 10.1. The maximum atomic E-state index is 12.2. The molecule has 0 spiro atoms. The number of likely N-dealkylation sites (N-methyl/N-ethyl adjacent to an activating group) is 1. The summed E-state index contributed by atoms with van der Waals surface area (Å²) in [6, 6.07) is 14.8. The third kappa shape index (κ3) is 7.04. The lowest BCUT2D eigenvalue weighted by atomic mass is 9.99. The van der Waals surface area contributed by atoms with Crippen LogP contribution in [0.15, 0.2) is 48.5 Å². The lowest BCUT2D eigenvalue weighted by Crippen LogP contribution is -2.36. The summed E-state index contributed by atoms with van der Waals surface area (Å²) in [4.78, 5) is 25.9. The highest BCUT2D eigenvalue weighted by molar-refractivity contribution is 6.30. The van der Waals surface area contributed by atoms with Crippen LogP contribution in [0.2, 0.25) is 5.02 Å². The van der Waals surface area contributed by atoms with E-state index < -0.39 is 0 Å². The minimum atomic E-state index is -0.189. The number of carbonyl (C=O) groups is 2. The lowest BCUT2D eigenvalue weighted by molar-refractivity contribution is -0.119. The SMILES string of the molecule is CCC(C)c1ccc(NC(=O)CN(C)CC(=O)Nc2ccc(Cl)cc2)cc1. The zero-order valence-electron chi connectivity index (χ0n) is 16.0. The number of nitrogens with one attached hydrogen (secondary N) is 2. The fraction of sp³-hybridized carbons (Fsp3) is 0.333. The molecule has 0 saturated carbocycles. The van der Waals surface area contributed by atoms with Gasteiger partial charge in [0.15, 0.2) is 0 Å². The van der Waals surface area contributed by atoms with E-state index in [1.54, 1.807) is 36.2 Å². The van der Waals surface area contributed by atoms with E-state index in [9.17, 15) is 9.59 Å². The molecule has 0 saturated heterocycles. The molecule has 0 aliphatic rings. The van der Waals surface area contributed by atoms with Crippen LogP contribution in [0.5, 0.6) is 0 Å². The fourth-order valence-electron chi connectivity index (χ4n) is 2.61. The Kier molecular flexibility index (Phi) is 7.82. The van der Waals surface area contributed by atoms with E-state index in [1.807, 2.05) is 24.3 Å². The van der Waals surface area contributed by atoms with Gasteiger partial charge >= 0.3 is 0 Å². The highest BCUT2D eigenvalue weighted by atomic mass is 35.5. The Morgan fingerprint density at radius 3 is 1.81 bits per heavy atom. The number of amides is 2. The van der Waals surface area contributed by atoms with Crippen LogP contribution in [0, 0.1) is 0 Å². The Balaban J connectivity index is 1.79. The molecule has 0 aromatic heterocycles. The molecule has 2 N–H and O–H groups in total. The quantitative estimate of drug-likeness (QED) is 0.707. The van der Waals surface area contributed by atoms with Crippen LogP contribution in [0.1, 0.15) is 31.7 Å². The van der Waals surface area contributed by atoms with Crippen LogP contribution >= 0.6 is 11.6 Å². The third-order valence-electron chi connectivity index (χ3n) is 4.33. The molecule has 144 valence electrons. The Morgan fingerprint density at radius 2 is 1.37 bits per heavy atom. The minimum absolute atomic E-state index is 0.114. The predicted molar refractivity (Wildman–Crippen MR) is 111 cm³/mol. The average Bonchev–Trinajstić information content (AvgIpc) is 2.63. The van der Waals surface area contributed by atoms with Crippen LogP contribution in [0.25, 0.3) is 0 Å². The molecule has 0 radical (unpaired) electrons. The molecule has 0 bridgehead atoms. The number of carbonyl (C=O) groups excluding carboxylic acids is 2. The molecule has 5 nitrogen and oxygen atoms in total. The smallest absolute Gasteiger partial charge is 0.238 e. The summed E-state index contributed by atoms with van der Waals surface area (Å²) in [6.45, 7) is 4.57. The van der Waals surface area contributed by atoms with Gasteiger partial charge in [0, 0.05) is 16.4 Å². The largest absolute Gasteiger partial charge is 0.325 e. The van der Waals surface area contributed by atoms with Crippen molar-refractivity contribution in [3.63, 3.8) is 0 Å². The first-order valence-corrected chi connectivity index (χ1v) is 9.39. The molecule has 1 atom stereocenters. The van der Waals surface area contributed by atoms with Crippen LogP contribution in [-0.2, 0) is 9.59 Å². The van der Waals surface area contributed by atoms with Crippen molar-refractivity contribution in [3.8, 4) is 0 Å². The summed E-state index contributed by atoms with van der Waals surface area (Å²) in [5, 5.41) is 6.24. The summed E-state index contributed by atoms with van der Waals surface area (Å²) in [5.74, 6) is 0.152. The lowest BCUT2D eigenvalue weighted by Gasteiger charge is -2.16. The summed E-state index contributed by atoms with van der Waals surface area (Å²) >= 11 is 5.82. The molecule has 0 fully saturated rings. The van der Waals surface area contributed by atoms with Crippen LogP contribution < -0.4 is 10.6 Å². The highest BCUT2D eigenvalue weighted by Gasteiger charge is 2.11. The normalized spacial score (nSPS) is 11.9. The molecular formula is C21H26ClN3O2. The number of halogens is 1. The maximum absolute atomic E-state index is 12.2. The van der Waals surface area contributed by atoms with Crippen molar-refractivity contribution in [2.45, 2.75) is 26.2 Å². The van der Waals surface area contributed by atoms with Gasteiger partial charge in [-0.3, -0.25) is 14.5 Å². The molecule has 2 aromatic rings. The number of anilines is 2. The summed E-state index contributed by atoms with van der Waals surface area (Å²) in [7, 11) is 1.73. The van der Waals surface area contributed by atoms with E-state index in [4.69, 9.17) is 11.6 Å². The molecule has 1 unspecified atom stereocenters. The second-order valence-electron chi connectivity index (χ2n) is 6.71. The van der Waals surface area contributed by atoms with E-state index in [2.05, 4.69) is 24.5 Å². The zero-order chi connectivity index (χ0) is 19.8. The number of nitrogens with zero attached hydrogens (tertiary/aromatic N) is 1. The van der Waals surface area contributed by atoms with Crippen molar-refractivity contribution in [2.75, 3.05) is 30.8 Å². The Hall–Kier alpha value is -2.37. The van der Waals surface area contributed by atoms with Crippen LogP contribution in [-0.4, -0.2) is 36.9 Å². The van der Waals surface area contributed by atoms with Gasteiger partial charge in [-0.1, -0.05) is 37.6 Å². The second-order valence-corrected chi connectivity index (χ2v) is 7.14. The van der Waals surface area contributed by atoms with Gasteiger partial charge in [0.25, 0.3) is 0 Å². The molecule has 2 amide bonds. The monoisotopic (exact) mass is 387 g/mol. The van der Waals surface area contributed by atoms with Gasteiger partial charge < -0.3 is 10.6 Å². The molecular weight excluding hydrogens is 362 g/mol. The summed E-state index contributed by atoms with van der Waals surface area (Å²) in [5.41, 5.74) is 2.68. The number of hydrogen-bond donors (Lipinski definition) is 2. The first-order chi connectivity index (χ1) is 12.9. The van der Waals surface area contributed by atoms with E-state index in [-0.39, 0.29) is 24.9 Å². The molecule has 0 aliphatic heterocycles. The summed E-state index contributed by atoms with van der Waals surface area (Å²) < 4.78 is 0. The molecule has 2 rings (SSSR count). The minimum Gasteiger partial charge on any atom is -0.325 e. The van der Waals surface area contributed by atoms with E-state index in [0.717, 1.165) is 12.1 Å². The van der Waals surface area contributed by atoms with Gasteiger partial charge in [-0.25, -0.2) is 0 Å². The van der Waals surface area contributed by atoms with Gasteiger partial charge in [-0.2, -0.15) is 0 Å². The highest BCUT2D eigenvalue weighted by Crippen LogP contribution is 2.20. The zero-order valence-corrected chi connectivity index (χ0v) is 16.7. The fourth-order valence-corrected chi connectivity index (χ4v) is 2.74. The Bertz CT molecular complexity index is 760. The number of rotatable bonds is 8. The van der Waals surface area contributed by atoms with Crippen molar-refractivity contribution < 1.29 is 9.59 Å². The van der Waals surface area contributed by atoms with Gasteiger partial charge in [0.1, 0.15) is 0 Å². The Morgan fingerprint density at radius 1 is 0.926 bits per heavy atom. The standard InChI is InChI=1S/C21H26ClN3O2/c1-4-15(2)16-5-9-18(10-6-16)23-20(26)13-25(3)14-21(27)24-19-11-7-17(22)8-12-19/h5-12,15H,4,13-14H2,1-3H3,(H,23,26)(H,24,27). The van der Waals surface area contributed by atoms with Crippen molar-refractivity contribution >= 4 is 34.8 Å². The topological polar surface area (TPSA) is 61.4 Å². The van der Waals surface area contributed by atoms with Crippen molar-refractivity contribution in [3.05, 3.63) is 59.1 Å². The predicted octanol–water partition coefficient (Wildman–Crippen LogP) is 4.36. The van der Waals surface area contributed by atoms with Gasteiger partial charge in [0.05, 0.1) is 13.1 Å². The first-order valence-electron chi connectivity index (χ1n) is 9.01. The van der Waals surface area contributed by atoms with E-state index >= 15 is 0 Å². The molecule has 0 aliphatic carbocycles. The molecule has 6 heteroatoms. The molecule has 27 heavy (non-hydrogen) atoms. The average molecular weight is 388 g/mol. The van der Waals surface area contributed by atoms with Crippen molar-refractivity contribution in [1.29, 1.82) is 0 Å². The van der Waals surface area contributed by atoms with E-state index in [1.165, 1.54) is 5.56 Å². The molecule has 2 aromatic carbocycles. The van der Waals surface area contributed by atoms with Gasteiger partial charge in [-0.15, -0.1) is 0 Å². The maximum Gasteiger partial charge on any atom is 0.238 e. The molecule has 0 heterocycles. The first kappa shape index (κ1) is 20.9. The number of hydrogen-bond acceptors (Lipinski definition) is 3.